The number of hydrogen-bond acceptors (Lipinski definition) is 9. The van der Waals surface area contributed by atoms with E-state index in [1.54, 1.807) is 20.4 Å². The molecule has 4 atom stereocenters. The second-order valence-corrected chi connectivity index (χ2v) is 25.5. The summed E-state index contributed by atoms with van der Waals surface area (Å²) in [5.74, 6) is -3.89. The minimum Gasteiger partial charge on any atom is -0.481 e. The number of fused-ring (bicyclic) bond motifs is 3. The minimum absolute atomic E-state index is 0.00170. The van der Waals surface area contributed by atoms with Crippen LogP contribution in [0.15, 0.2) is 256 Å². The van der Waals surface area contributed by atoms with Crippen molar-refractivity contribution >= 4 is 29.6 Å². The lowest BCUT2D eigenvalue weighted by Crippen LogP contribution is -2.45. The van der Waals surface area contributed by atoms with E-state index in [1.807, 2.05) is 180 Å². The first-order valence-corrected chi connectivity index (χ1v) is 32.7. The minimum atomic E-state index is -1.03. The number of Topliss-reactive ketones (excluding diaryl/α,β-unsaturated/α-hetero) is 2. The van der Waals surface area contributed by atoms with Gasteiger partial charge in [-0.1, -0.05) is 258 Å². The zero-order chi connectivity index (χ0) is 67.1. The SMILES string of the molecule is CC(C)C[C@H](CC(=O)[C@H](Cc1cn(C(c2ccccc2)(c2ccccc2)c2ccccc2)cn1)N(C)C(=O)OCC1c2ccccc2-c2ccccc21)C(=O)O.CN[C@@H](Cc1cn(C(c2ccccc2)(c2ccccc2)c2ccccc2)cn1)C(=O)C[C@@H](CC(C)C)C(=O)O. The number of carboxylic acid groups (broad SMARTS) is 2. The molecule has 1 aliphatic carbocycles. The maximum absolute atomic E-state index is 14.3. The van der Waals surface area contributed by atoms with E-state index in [4.69, 9.17) is 14.7 Å². The van der Waals surface area contributed by atoms with Crippen molar-refractivity contribution < 1.29 is 38.9 Å². The summed E-state index contributed by atoms with van der Waals surface area (Å²) in [6, 6.07) is 76.4. The molecule has 0 saturated heterocycles. The third-order valence-electron chi connectivity index (χ3n) is 18.3. The van der Waals surface area contributed by atoms with E-state index in [9.17, 15) is 34.2 Å². The number of likely N-dealkylation sites (N-methyl/N-ethyl adjacent to an activating group) is 2. The van der Waals surface area contributed by atoms with Gasteiger partial charge >= 0.3 is 18.0 Å². The Kier molecular flexibility index (Phi) is 22.1. The number of ether oxygens (including phenoxy) is 1. The Hall–Kier alpha value is -10.3. The van der Waals surface area contributed by atoms with E-state index >= 15 is 0 Å². The van der Waals surface area contributed by atoms with Crippen molar-refractivity contribution in [2.75, 3.05) is 20.7 Å². The van der Waals surface area contributed by atoms with E-state index < -0.39 is 53.0 Å². The molecule has 486 valence electrons. The Balaban J connectivity index is 0.000000221. The van der Waals surface area contributed by atoms with Crippen LogP contribution in [0.25, 0.3) is 11.1 Å². The Morgan fingerprint density at radius 3 is 1.15 bits per heavy atom. The molecule has 11 rings (SSSR count). The van der Waals surface area contributed by atoms with Crippen molar-refractivity contribution in [2.45, 2.75) is 95.3 Å². The lowest BCUT2D eigenvalue weighted by Gasteiger charge is -2.37. The number of amides is 1. The van der Waals surface area contributed by atoms with E-state index in [-0.39, 0.29) is 55.2 Å². The third kappa shape index (κ3) is 15.0. The summed E-state index contributed by atoms with van der Waals surface area (Å²) in [6.45, 7) is 7.91. The number of hydrogen-bond donors (Lipinski definition) is 3. The Morgan fingerprint density at radius 1 is 0.484 bits per heavy atom. The summed E-state index contributed by atoms with van der Waals surface area (Å²) in [6.07, 6.45) is 7.91. The molecule has 0 saturated carbocycles. The number of aromatic nitrogens is 4. The largest absolute Gasteiger partial charge is 0.481 e. The Bertz CT molecular complexity index is 3920. The molecule has 1 aliphatic rings. The molecule has 0 radical (unpaired) electrons. The van der Waals surface area contributed by atoms with Gasteiger partial charge in [-0.25, -0.2) is 14.8 Å². The number of nitrogens with zero attached hydrogens (tertiary/aromatic N) is 5. The number of imidazole rings is 2. The van der Waals surface area contributed by atoms with Crippen molar-refractivity contribution in [1.29, 1.82) is 0 Å². The van der Waals surface area contributed by atoms with Gasteiger partial charge in [0.25, 0.3) is 0 Å². The maximum atomic E-state index is 14.3. The molecule has 0 aliphatic heterocycles. The number of nitrogens with one attached hydrogen (secondary N) is 1. The summed E-state index contributed by atoms with van der Waals surface area (Å²) in [5, 5.41) is 22.8. The van der Waals surface area contributed by atoms with Gasteiger partial charge in [0.1, 0.15) is 17.7 Å². The average molecular weight is 1270 g/mol. The van der Waals surface area contributed by atoms with Crippen LogP contribution in [0.1, 0.15) is 115 Å². The van der Waals surface area contributed by atoms with Gasteiger partial charge in [0.15, 0.2) is 11.6 Å². The number of benzene rings is 8. The molecular weight excluding hydrogens is 1180 g/mol. The summed E-state index contributed by atoms with van der Waals surface area (Å²) in [7, 11) is 3.29. The first kappa shape index (κ1) is 67.6. The van der Waals surface area contributed by atoms with Gasteiger partial charge in [-0.15, -0.1) is 0 Å². The van der Waals surface area contributed by atoms with Gasteiger partial charge in [-0.2, -0.15) is 0 Å². The summed E-state index contributed by atoms with van der Waals surface area (Å²) >= 11 is 0. The van der Waals surface area contributed by atoms with Crippen LogP contribution in [-0.4, -0.2) is 96.6 Å². The monoisotopic (exact) mass is 1270 g/mol. The second kappa shape index (κ2) is 31.1. The Morgan fingerprint density at radius 2 is 0.811 bits per heavy atom. The van der Waals surface area contributed by atoms with E-state index in [1.165, 1.54) is 4.90 Å². The molecule has 14 nitrogen and oxygen atoms in total. The molecule has 10 aromatic rings. The highest BCUT2D eigenvalue weighted by Crippen LogP contribution is 2.46. The quantitative estimate of drug-likeness (QED) is 0.0396. The van der Waals surface area contributed by atoms with Crippen LogP contribution in [0.4, 0.5) is 4.79 Å². The molecule has 2 heterocycles. The molecule has 0 fully saturated rings. The molecule has 2 aromatic heterocycles. The first-order valence-electron chi connectivity index (χ1n) is 32.7. The lowest BCUT2D eigenvalue weighted by atomic mass is 9.77. The fourth-order valence-electron chi connectivity index (χ4n) is 13.8. The van der Waals surface area contributed by atoms with Gasteiger partial charge in [0.05, 0.1) is 48.0 Å². The van der Waals surface area contributed by atoms with Gasteiger partial charge in [0.2, 0.25) is 0 Å². The van der Waals surface area contributed by atoms with E-state index in [2.05, 4.69) is 112 Å². The molecule has 0 unspecified atom stereocenters. The smallest absolute Gasteiger partial charge is 0.410 e. The molecule has 3 N–H and O–H groups in total. The van der Waals surface area contributed by atoms with Crippen molar-refractivity contribution in [2.24, 2.45) is 23.7 Å². The third-order valence-corrected chi connectivity index (χ3v) is 18.3. The van der Waals surface area contributed by atoms with Gasteiger partial charge < -0.3 is 34.3 Å². The highest BCUT2D eigenvalue weighted by Gasteiger charge is 2.42. The number of ketones is 2. The molecule has 1 amide bonds. The zero-order valence-electron chi connectivity index (χ0n) is 54.8. The maximum Gasteiger partial charge on any atom is 0.410 e. The molecule has 0 bridgehead atoms. The average Bonchev–Trinajstić information content (AvgIpc) is 1.69. The lowest BCUT2D eigenvalue weighted by molar-refractivity contribution is -0.145. The van der Waals surface area contributed by atoms with Crippen molar-refractivity contribution in [3.8, 4) is 11.1 Å². The van der Waals surface area contributed by atoms with E-state index in [0.29, 0.717) is 25.0 Å². The van der Waals surface area contributed by atoms with Gasteiger partial charge in [-0.05, 0) is 87.4 Å². The van der Waals surface area contributed by atoms with Crippen LogP contribution < -0.4 is 5.32 Å². The van der Waals surface area contributed by atoms with Crippen molar-refractivity contribution in [1.82, 2.24) is 29.3 Å². The number of carbonyl (C=O) groups is 5. The molecule has 95 heavy (non-hydrogen) atoms. The predicted molar refractivity (Wildman–Crippen MR) is 371 cm³/mol. The molecule has 0 spiro atoms. The van der Waals surface area contributed by atoms with Crippen LogP contribution in [0.3, 0.4) is 0 Å². The van der Waals surface area contributed by atoms with Crippen LogP contribution in [0, 0.1) is 23.7 Å². The van der Waals surface area contributed by atoms with Gasteiger partial charge in [0, 0.05) is 51.0 Å². The normalized spacial score (nSPS) is 13.3. The van der Waals surface area contributed by atoms with Crippen LogP contribution >= 0.6 is 0 Å². The number of rotatable bonds is 28. The highest BCUT2D eigenvalue weighted by atomic mass is 16.6. The number of aliphatic carboxylic acids is 2. The Labute approximate surface area is 557 Å². The summed E-state index contributed by atoms with van der Waals surface area (Å²) in [5.41, 5.74) is 10.5. The second-order valence-electron chi connectivity index (χ2n) is 25.5. The van der Waals surface area contributed by atoms with E-state index in [0.717, 1.165) is 61.3 Å². The summed E-state index contributed by atoms with van der Waals surface area (Å²) in [4.78, 5) is 76.5. The predicted octanol–water partition coefficient (Wildman–Crippen LogP) is 14.8. The fraction of sp³-hybridized carbons (Fsp3) is 0.272. The van der Waals surface area contributed by atoms with Gasteiger partial charge in [-0.3, -0.25) is 19.2 Å². The molecule has 14 heteroatoms. The van der Waals surface area contributed by atoms with Crippen LogP contribution in [0.5, 0.6) is 0 Å². The molecular formula is C81H84N6O8. The highest BCUT2D eigenvalue weighted by molar-refractivity contribution is 5.91. The summed E-state index contributed by atoms with van der Waals surface area (Å²) < 4.78 is 10.2. The van der Waals surface area contributed by atoms with Crippen molar-refractivity contribution in [3.05, 3.63) is 311 Å². The van der Waals surface area contributed by atoms with Crippen molar-refractivity contribution in [3.63, 3.8) is 0 Å². The van der Waals surface area contributed by atoms with Crippen LogP contribution in [0.2, 0.25) is 0 Å². The topological polar surface area (TPSA) is 186 Å². The zero-order valence-corrected chi connectivity index (χ0v) is 54.8. The van der Waals surface area contributed by atoms with Crippen LogP contribution in [-0.2, 0) is 47.8 Å². The standard InChI is InChI=1S/C48H47N3O5.C33H37N3O3/c1-33(2)27-34(46(53)54)28-45(52)44(50(3)47(55)56-31-43-41-25-15-13-23-39(41)40-24-14-16-26-42(40)43)29-38-30-51(32-49-38)48(35-17-7-4-8-18-35,36-19-9-5-10-20-36)37-21-11-6-12-22-37;1-24(2)19-25(32(38)39)20-31(37)30(34-3)21-29-22-36(23-35-29)33(26-13-7-4-8-14-26,27-15-9-5-10-16-27)28-17-11-6-12-18-28/h4-26,30,32-34,43-44H,27-29,31H2,1-3H3,(H,53,54);4-18,22-25,30,34H,19-21H2,1-3H3,(H,38,39)/t34-,44+;25-,30+/m11/s1. The number of carboxylic acids is 2. The number of carbonyl (C=O) groups excluding carboxylic acids is 3. The fourth-order valence-corrected chi connectivity index (χ4v) is 13.8. The molecule has 8 aromatic carbocycles. The first-order chi connectivity index (χ1) is 46.0.